The van der Waals surface area contributed by atoms with Gasteiger partial charge in [-0.3, -0.25) is 5.32 Å². The molecule has 3 amide bonds. The number of hydrogen-bond acceptors (Lipinski definition) is 7. The van der Waals surface area contributed by atoms with Gasteiger partial charge in [0.05, 0.1) is 13.2 Å². The molecule has 0 saturated carbocycles. The summed E-state index contributed by atoms with van der Waals surface area (Å²) in [6.07, 6.45) is 6.62. The van der Waals surface area contributed by atoms with Crippen molar-refractivity contribution in [1.29, 1.82) is 0 Å². The number of ether oxygens (including phenoxy) is 2. The molecule has 0 spiro atoms. The van der Waals surface area contributed by atoms with Crippen LogP contribution in [0.2, 0.25) is 0 Å². The Balaban J connectivity index is 1.90. The second kappa shape index (κ2) is 15.9. The van der Waals surface area contributed by atoms with Crippen LogP contribution in [0.25, 0.3) is 0 Å². The second-order valence-corrected chi connectivity index (χ2v) is 7.12. The average molecular weight is 439 g/mol. The fourth-order valence-electron chi connectivity index (χ4n) is 2.72. The third-order valence-electron chi connectivity index (χ3n) is 4.27. The molecule has 1 aliphatic heterocycles. The van der Waals surface area contributed by atoms with Crippen molar-refractivity contribution in [2.24, 2.45) is 4.99 Å². The zero-order chi connectivity index (χ0) is 22.9. The van der Waals surface area contributed by atoms with Crippen molar-refractivity contribution in [2.45, 2.75) is 58.1 Å². The molecule has 174 valence electrons. The van der Waals surface area contributed by atoms with Crippen molar-refractivity contribution in [1.82, 2.24) is 16.0 Å². The van der Waals surface area contributed by atoms with Crippen LogP contribution in [0, 0.1) is 0 Å². The third-order valence-corrected chi connectivity index (χ3v) is 4.27. The number of nitrogens with one attached hydrogen (secondary N) is 3. The number of alkyl carbamates (subject to hydrolysis) is 1. The van der Waals surface area contributed by atoms with Gasteiger partial charge in [-0.1, -0.05) is 25.0 Å². The van der Waals surface area contributed by atoms with Crippen molar-refractivity contribution >= 4 is 23.9 Å². The zero-order valence-electron chi connectivity index (χ0n) is 18.2. The van der Waals surface area contributed by atoms with Crippen LogP contribution in [0.15, 0.2) is 29.3 Å². The van der Waals surface area contributed by atoms with Crippen LogP contribution in [0.5, 0.6) is 0 Å². The number of aliphatic imine (C=N–C) groups is 1. The Kier molecular flexibility index (Phi) is 13.4. The van der Waals surface area contributed by atoms with E-state index in [4.69, 9.17) is 9.47 Å². The number of aliphatic hydroxyl groups is 1. The molecule has 31 heavy (non-hydrogen) atoms. The molecule has 0 saturated heterocycles. The zero-order valence-corrected chi connectivity index (χ0v) is 18.2. The van der Waals surface area contributed by atoms with E-state index in [1.807, 2.05) is 6.92 Å². The van der Waals surface area contributed by atoms with E-state index < -0.39 is 18.3 Å². The smallest absolute Gasteiger partial charge is 0.407 e. The molecule has 10 heteroatoms. The van der Waals surface area contributed by atoms with Crippen molar-refractivity contribution in [3.63, 3.8) is 0 Å². The molecule has 4 N–H and O–H groups in total. The minimum absolute atomic E-state index is 0.270. The molecular weight excluding hydrogens is 404 g/mol. The molecule has 10 nitrogen and oxygen atoms in total. The first-order chi connectivity index (χ1) is 14.9. The van der Waals surface area contributed by atoms with E-state index in [-0.39, 0.29) is 19.2 Å². The van der Waals surface area contributed by atoms with Crippen LogP contribution in [0.4, 0.5) is 9.59 Å². The molecule has 1 unspecified atom stereocenters. The number of carbonyl (C=O) groups excluding carboxylic acids is 3. The van der Waals surface area contributed by atoms with Gasteiger partial charge in [0.1, 0.15) is 5.84 Å². The Morgan fingerprint density at radius 2 is 1.74 bits per heavy atom. The van der Waals surface area contributed by atoms with Crippen molar-refractivity contribution in [2.75, 3.05) is 26.3 Å². The van der Waals surface area contributed by atoms with Crippen LogP contribution in [-0.4, -0.2) is 61.6 Å². The van der Waals surface area contributed by atoms with Gasteiger partial charge >= 0.3 is 18.1 Å². The van der Waals surface area contributed by atoms with Crippen molar-refractivity contribution in [3.8, 4) is 0 Å². The first-order valence-corrected chi connectivity index (χ1v) is 10.6. The molecular formula is C21H34N4O6. The molecule has 0 aromatic rings. The largest absolute Gasteiger partial charge is 0.463 e. The highest BCUT2D eigenvalue weighted by molar-refractivity contribution is 5.98. The molecule has 0 fully saturated rings. The van der Waals surface area contributed by atoms with E-state index in [2.05, 4.69) is 27.5 Å². The summed E-state index contributed by atoms with van der Waals surface area (Å²) < 4.78 is 9.85. The summed E-state index contributed by atoms with van der Waals surface area (Å²) in [6.45, 7) is 6.79. The summed E-state index contributed by atoms with van der Waals surface area (Å²) in [5.74, 6) is -0.000307. The van der Waals surface area contributed by atoms with E-state index in [0.717, 1.165) is 37.3 Å². The molecule has 0 aromatic carbocycles. The molecule has 1 aliphatic rings. The molecule has 0 aliphatic carbocycles. The van der Waals surface area contributed by atoms with Crippen LogP contribution in [0.3, 0.4) is 0 Å². The summed E-state index contributed by atoms with van der Waals surface area (Å²) in [5.41, 5.74) is 0.960. The number of nitrogens with zero attached hydrogens (tertiary/aromatic N) is 1. The number of urea groups is 1. The lowest BCUT2D eigenvalue weighted by Crippen LogP contribution is -2.41. The summed E-state index contributed by atoms with van der Waals surface area (Å²) in [5, 5.41) is 17.6. The van der Waals surface area contributed by atoms with E-state index in [1.165, 1.54) is 0 Å². The Bertz CT molecular complexity index is 662. The monoisotopic (exact) mass is 438 g/mol. The van der Waals surface area contributed by atoms with Gasteiger partial charge in [-0.15, -0.1) is 0 Å². The maximum absolute atomic E-state index is 11.8. The molecule has 1 atom stereocenters. The standard InChI is InChI=1S/C21H34N4O6/c1-3-19(27)30-12-8-9-13-31-21(29)23-11-7-5-4-6-10-22-20(28)25-17-14-16(2)15-18(26)24-17/h3,15,18,26H,1,4-14H2,2H3,(H,23,29)(H2,22,24,25,28). The lowest BCUT2D eigenvalue weighted by atomic mass is 10.1. The Labute approximate surface area is 183 Å². The Hall–Kier alpha value is -2.88. The van der Waals surface area contributed by atoms with Gasteiger partial charge in [-0.05, 0) is 38.7 Å². The number of esters is 1. The first-order valence-electron chi connectivity index (χ1n) is 10.6. The number of carbonyl (C=O) groups is 3. The van der Waals surface area contributed by atoms with E-state index >= 15 is 0 Å². The number of unbranched alkanes of at least 4 members (excludes halogenated alkanes) is 4. The lowest BCUT2D eigenvalue weighted by molar-refractivity contribution is -0.137. The number of amides is 3. The van der Waals surface area contributed by atoms with E-state index in [1.54, 1.807) is 6.08 Å². The molecule has 0 bridgehead atoms. The minimum Gasteiger partial charge on any atom is -0.463 e. The van der Waals surface area contributed by atoms with E-state index in [9.17, 15) is 19.5 Å². The predicted molar refractivity (Wildman–Crippen MR) is 117 cm³/mol. The quantitative estimate of drug-likeness (QED) is 0.150. The van der Waals surface area contributed by atoms with Gasteiger partial charge in [-0.2, -0.15) is 0 Å². The fraction of sp³-hybridized carbons (Fsp3) is 0.619. The Morgan fingerprint density at radius 3 is 2.39 bits per heavy atom. The normalized spacial score (nSPS) is 15.2. The van der Waals surface area contributed by atoms with Crippen molar-refractivity contribution < 1.29 is 29.0 Å². The van der Waals surface area contributed by atoms with Crippen LogP contribution >= 0.6 is 0 Å². The van der Waals surface area contributed by atoms with E-state index in [0.29, 0.717) is 38.2 Å². The van der Waals surface area contributed by atoms with Gasteiger partial charge < -0.3 is 25.2 Å². The summed E-state index contributed by atoms with van der Waals surface area (Å²) in [6, 6.07) is -0.330. The van der Waals surface area contributed by atoms with Gasteiger partial charge in [0, 0.05) is 25.6 Å². The van der Waals surface area contributed by atoms with Gasteiger partial charge in [0.2, 0.25) is 0 Å². The second-order valence-electron chi connectivity index (χ2n) is 7.12. The van der Waals surface area contributed by atoms with Crippen LogP contribution < -0.4 is 16.0 Å². The maximum atomic E-state index is 11.8. The SMILES string of the molecule is C=CC(=O)OCCCCOC(=O)NCCCCCCNC(=O)NC1=NC(O)C=C(C)C1. The predicted octanol–water partition coefficient (Wildman–Crippen LogP) is 2.15. The molecule has 1 heterocycles. The topological polar surface area (TPSA) is 138 Å². The van der Waals surface area contributed by atoms with Crippen molar-refractivity contribution in [3.05, 3.63) is 24.3 Å². The average Bonchev–Trinajstić information content (AvgIpc) is 2.71. The highest BCUT2D eigenvalue weighted by Gasteiger charge is 2.13. The fourth-order valence-corrected chi connectivity index (χ4v) is 2.72. The van der Waals surface area contributed by atoms with Crippen LogP contribution in [0.1, 0.15) is 51.9 Å². The van der Waals surface area contributed by atoms with Crippen LogP contribution in [-0.2, 0) is 14.3 Å². The lowest BCUT2D eigenvalue weighted by Gasteiger charge is -2.16. The number of dihydropyridines is 1. The summed E-state index contributed by atoms with van der Waals surface area (Å²) >= 11 is 0. The number of amidine groups is 1. The highest BCUT2D eigenvalue weighted by Crippen LogP contribution is 2.10. The third kappa shape index (κ3) is 13.9. The van der Waals surface area contributed by atoms with Gasteiger partial charge in [0.25, 0.3) is 0 Å². The Morgan fingerprint density at radius 1 is 1.10 bits per heavy atom. The molecule has 1 rings (SSSR count). The number of hydrogen-bond donors (Lipinski definition) is 4. The van der Waals surface area contributed by atoms with Gasteiger partial charge in [-0.25, -0.2) is 19.4 Å². The maximum Gasteiger partial charge on any atom is 0.407 e. The highest BCUT2D eigenvalue weighted by atomic mass is 16.5. The molecule has 0 radical (unpaired) electrons. The first kappa shape index (κ1) is 26.2. The number of aliphatic hydroxyl groups excluding tert-OH is 1. The molecule has 0 aromatic heterocycles. The minimum atomic E-state index is -0.899. The summed E-state index contributed by atoms with van der Waals surface area (Å²) in [7, 11) is 0. The number of rotatable bonds is 13. The van der Waals surface area contributed by atoms with Gasteiger partial charge in [0.15, 0.2) is 6.23 Å². The summed E-state index contributed by atoms with van der Waals surface area (Å²) in [4.78, 5) is 38.2.